The fourth-order valence-electron chi connectivity index (χ4n) is 1.03. The first-order valence-electron chi connectivity index (χ1n) is 3.76. The van der Waals surface area contributed by atoms with Crippen molar-refractivity contribution in [1.29, 1.82) is 0 Å². The minimum absolute atomic E-state index is 0. The maximum atomic E-state index is 5.50. The number of alkyl halides is 1. The predicted octanol–water partition coefficient (Wildman–Crippen LogP) is 1.82. The van der Waals surface area contributed by atoms with E-state index in [0.29, 0.717) is 5.88 Å². The molecule has 0 saturated carbocycles. The van der Waals surface area contributed by atoms with E-state index >= 15 is 0 Å². The van der Waals surface area contributed by atoms with Gasteiger partial charge in [-0.1, -0.05) is 0 Å². The van der Waals surface area contributed by atoms with E-state index in [1.807, 2.05) is 0 Å². The number of nitrogens with zero attached hydrogens (tertiary/aromatic N) is 1. The summed E-state index contributed by atoms with van der Waals surface area (Å²) in [4.78, 5) is 4.31. The van der Waals surface area contributed by atoms with Crippen LogP contribution in [0.4, 0.5) is 0 Å². The molecule has 0 radical (unpaired) electrons. The van der Waals surface area contributed by atoms with E-state index in [2.05, 4.69) is 10.3 Å². The molecular formula is C7H14Cl2N2. The Bertz CT molecular complexity index is 126. The smallest absolute Gasteiger partial charge is 0.0963 e. The number of hydrogen-bond donors (Lipinski definition) is 1. The van der Waals surface area contributed by atoms with Crippen LogP contribution in [0, 0.1) is 0 Å². The Morgan fingerprint density at radius 2 is 2.27 bits per heavy atom. The Morgan fingerprint density at radius 3 is 2.82 bits per heavy atom. The van der Waals surface area contributed by atoms with Gasteiger partial charge >= 0.3 is 0 Å². The van der Waals surface area contributed by atoms with Crippen molar-refractivity contribution in [1.82, 2.24) is 5.32 Å². The van der Waals surface area contributed by atoms with Crippen molar-refractivity contribution in [3.8, 4) is 0 Å². The number of nitrogens with one attached hydrogen (secondary N) is 1. The maximum absolute atomic E-state index is 5.50. The summed E-state index contributed by atoms with van der Waals surface area (Å²) in [7, 11) is 0. The van der Waals surface area contributed by atoms with E-state index in [-0.39, 0.29) is 12.4 Å². The van der Waals surface area contributed by atoms with Crippen LogP contribution >= 0.6 is 24.0 Å². The molecule has 1 N–H and O–H groups in total. The van der Waals surface area contributed by atoms with Crippen LogP contribution in [-0.2, 0) is 0 Å². The standard InChI is InChI=1S/C7H13ClN2.ClH/c8-4-6-10-7-3-1-2-5-9-7;/h1-6H2,(H,9,10);1H. The lowest BCUT2D eigenvalue weighted by Crippen LogP contribution is -2.27. The molecule has 0 aromatic carbocycles. The van der Waals surface area contributed by atoms with Gasteiger partial charge in [0.05, 0.1) is 5.84 Å². The molecule has 11 heavy (non-hydrogen) atoms. The fraction of sp³-hybridized carbons (Fsp3) is 0.857. The highest BCUT2D eigenvalue weighted by molar-refractivity contribution is 6.18. The van der Waals surface area contributed by atoms with E-state index in [1.165, 1.54) is 12.8 Å². The van der Waals surface area contributed by atoms with Gasteiger partial charge < -0.3 is 5.32 Å². The van der Waals surface area contributed by atoms with Gasteiger partial charge in [0.2, 0.25) is 0 Å². The molecule has 0 aromatic heterocycles. The Balaban J connectivity index is 0.000001000. The SMILES string of the molecule is Cl.ClCCNC1=NCCCC1. The molecule has 0 aliphatic carbocycles. The molecule has 4 heteroatoms. The van der Waals surface area contributed by atoms with Gasteiger partial charge in [0.1, 0.15) is 0 Å². The molecule has 0 saturated heterocycles. The van der Waals surface area contributed by atoms with E-state index in [9.17, 15) is 0 Å². The number of amidine groups is 1. The minimum Gasteiger partial charge on any atom is -0.373 e. The van der Waals surface area contributed by atoms with Crippen molar-refractivity contribution in [2.45, 2.75) is 19.3 Å². The van der Waals surface area contributed by atoms with E-state index in [1.54, 1.807) is 0 Å². The highest BCUT2D eigenvalue weighted by Gasteiger charge is 2.02. The molecule has 0 aromatic rings. The van der Waals surface area contributed by atoms with Crippen LogP contribution in [0.25, 0.3) is 0 Å². The summed E-state index contributed by atoms with van der Waals surface area (Å²) in [6.07, 6.45) is 3.62. The minimum atomic E-state index is 0. The monoisotopic (exact) mass is 196 g/mol. The van der Waals surface area contributed by atoms with Crippen molar-refractivity contribution in [2.24, 2.45) is 4.99 Å². The molecule has 0 amide bonds. The summed E-state index contributed by atoms with van der Waals surface area (Å²) in [5.74, 6) is 1.81. The third kappa shape index (κ3) is 4.49. The summed E-state index contributed by atoms with van der Waals surface area (Å²) >= 11 is 5.50. The highest BCUT2D eigenvalue weighted by atomic mass is 35.5. The number of halogens is 2. The zero-order chi connectivity index (χ0) is 7.23. The summed E-state index contributed by atoms with van der Waals surface area (Å²) in [5, 5.41) is 3.19. The van der Waals surface area contributed by atoms with Gasteiger partial charge in [0.25, 0.3) is 0 Å². The molecular weight excluding hydrogens is 183 g/mol. The van der Waals surface area contributed by atoms with Crippen molar-refractivity contribution < 1.29 is 0 Å². The summed E-state index contributed by atoms with van der Waals surface area (Å²) in [5.41, 5.74) is 0. The topological polar surface area (TPSA) is 24.4 Å². The van der Waals surface area contributed by atoms with Crippen LogP contribution in [0.2, 0.25) is 0 Å². The molecule has 1 aliphatic rings. The van der Waals surface area contributed by atoms with Crippen molar-refractivity contribution in [3.63, 3.8) is 0 Å². The molecule has 1 rings (SSSR count). The third-order valence-electron chi connectivity index (χ3n) is 1.55. The zero-order valence-electron chi connectivity index (χ0n) is 6.48. The van der Waals surface area contributed by atoms with Crippen molar-refractivity contribution in [2.75, 3.05) is 19.0 Å². The summed E-state index contributed by atoms with van der Waals surface area (Å²) in [6, 6.07) is 0. The molecule has 1 aliphatic heterocycles. The Labute approximate surface area is 78.8 Å². The first-order valence-corrected chi connectivity index (χ1v) is 4.30. The van der Waals surface area contributed by atoms with E-state index in [4.69, 9.17) is 11.6 Å². The van der Waals surface area contributed by atoms with Crippen LogP contribution in [0.1, 0.15) is 19.3 Å². The average Bonchev–Trinajstić information content (AvgIpc) is 2.03. The quantitative estimate of drug-likeness (QED) is 0.671. The normalized spacial score (nSPS) is 16.6. The van der Waals surface area contributed by atoms with Gasteiger partial charge in [-0.25, -0.2) is 0 Å². The number of aliphatic imine (C=N–C) groups is 1. The lowest BCUT2D eigenvalue weighted by atomic mass is 10.2. The van der Waals surface area contributed by atoms with Crippen molar-refractivity contribution in [3.05, 3.63) is 0 Å². The van der Waals surface area contributed by atoms with Crippen molar-refractivity contribution >= 4 is 29.8 Å². The second-order valence-electron chi connectivity index (χ2n) is 2.40. The van der Waals surface area contributed by atoms with Crippen LogP contribution in [-0.4, -0.2) is 24.8 Å². The van der Waals surface area contributed by atoms with Gasteiger partial charge in [-0.15, -0.1) is 24.0 Å². The van der Waals surface area contributed by atoms with Crippen LogP contribution < -0.4 is 5.32 Å². The largest absolute Gasteiger partial charge is 0.373 e. The molecule has 0 bridgehead atoms. The molecule has 66 valence electrons. The Kier molecular flexibility index (Phi) is 6.77. The molecule has 0 fully saturated rings. The number of hydrogen-bond acceptors (Lipinski definition) is 2. The predicted molar refractivity (Wildman–Crippen MR) is 52.1 cm³/mol. The Hall–Kier alpha value is 0.0500. The van der Waals surface area contributed by atoms with Crippen LogP contribution in [0.5, 0.6) is 0 Å². The maximum Gasteiger partial charge on any atom is 0.0963 e. The fourth-order valence-corrected chi connectivity index (χ4v) is 1.13. The first-order chi connectivity index (χ1) is 4.93. The molecule has 0 spiro atoms. The lowest BCUT2D eigenvalue weighted by molar-refractivity contribution is 0.712. The van der Waals surface area contributed by atoms with Gasteiger partial charge in [0, 0.05) is 25.4 Å². The van der Waals surface area contributed by atoms with Crippen LogP contribution in [0.3, 0.4) is 0 Å². The second kappa shape index (κ2) is 6.74. The average molecular weight is 197 g/mol. The van der Waals surface area contributed by atoms with Crippen LogP contribution in [0.15, 0.2) is 4.99 Å². The molecule has 2 nitrogen and oxygen atoms in total. The summed E-state index contributed by atoms with van der Waals surface area (Å²) < 4.78 is 0. The van der Waals surface area contributed by atoms with Gasteiger partial charge in [-0.3, -0.25) is 4.99 Å². The van der Waals surface area contributed by atoms with Gasteiger partial charge in [-0.05, 0) is 12.8 Å². The van der Waals surface area contributed by atoms with E-state index in [0.717, 1.165) is 25.3 Å². The Morgan fingerprint density at radius 1 is 1.45 bits per heavy atom. The molecule has 1 heterocycles. The summed E-state index contributed by atoms with van der Waals surface area (Å²) in [6.45, 7) is 1.84. The first kappa shape index (κ1) is 11.1. The highest BCUT2D eigenvalue weighted by Crippen LogP contribution is 2.03. The molecule has 0 atom stereocenters. The molecule has 0 unspecified atom stereocenters. The number of rotatable bonds is 2. The van der Waals surface area contributed by atoms with E-state index < -0.39 is 0 Å². The van der Waals surface area contributed by atoms with Gasteiger partial charge in [0.15, 0.2) is 0 Å². The lowest BCUT2D eigenvalue weighted by Gasteiger charge is -2.12. The second-order valence-corrected chi connectivity index (χ2v) is 2.78. The zero-order valence-corrected chi connectivity index (χ0v) is 8.05. The third-order valence-corrected chi connectivity index (χ3v) is 1.74. The van der Waals surface area contributed by atoms with Gasteiger partial charge in [-0.2, -0.15) is 0 Å².